The molecule has 0 radical (unpaired) electrons. The fourth-order valence-electron chi connectivity index (χ4n) is 3.28. The van der Waals surface area contributed by atoms with E-state index in [1.165, 1.54) is 11.1 Å². The second-order valence-corrected chi connectivity index (χ2v) is 7.68. The number of imidazole rings is 1. The predicted molar refractivity (Wildman–Crippen MR) is 115 cm³/mol. The molecule has 0 saturated heterocycles. The van der Waals surface area contributed by atoms with Crippen LogP contribution in [0.5, 0.6) is 5.75 Å². The number of fused-ring (bicyclic) bond motifs is 1. The van der Waals surface area contributed by atoms with Gasteiger partial charge in [-0.3, -0.25) is 0 Å². The molecule has 0 amide bonds. The van der Waals surface area contributed by atoms with E-state index in [9.17, 15) is 0 Å². The normalized spacial score (nSPS) is 11.3. The van der Waals surface area contributed by atoms with Gasteiger partial charge in [0.25, 0.3) is 0 Å². The summed E-state index contributed by atoms with van der Waals surface area (Å²) < 4.78 is 8.26. The van der Waals surface area contributed by atoms with E-state index in [1.54, 1.807) is 0 Å². The van der Waals surface area contributed by atoms with Gasteiger partial charge in [-0.25, -0.2) is 4.98 Å². The Labute approximate surface area is 170 Å². The summed E-state index contributed by atoms with van der Waals surface area (Å²) in [4.78, 5) is 4.80. The lowest BCUT2D eigenvalue weighted by Gasteiger charge is -2.12. The molecule has 0 N–H and O–H groups in total. The van der Waals surface area contributed by atoms with Gasteiger partial charge in [0.15, 0.2) is 0 Å². The van der Waals surface area contributed by atoms with E-state index in [4.69, 9.17) is 21.3 Å². The van der Waals surface area contributed by atoms with Crippen LogP contribution in [0, 0.1) is 0 Å². The lowest BCUT2D eigenvalue weighted by atomic mass is 10.0. The first-order valence-electron chi connectivity index (χ1n) is 9.51. The third-order valence-corrected chi connectivity index (χ3v) is 5.15. The molecule has 0 atom stereocenters. The first-order valence-corrected chi connectivity index (χ1v) is 9.89. The molecule has 4 heteroatoms. The Morgan fingerprint density at radius 3 is 2.36 bits per heavy atom. The second-order valence-electron chi connectivity index (χ2n) is 7.24. The van der Waals surface area contributed by atoms with E-state index in [-0.39, 0.29) is 0 Å². The minimum Gasteiger partial charge on any atom is -0.486 e. The Hall–Kier alpha value is -2.78. The standard InChI is InChI=1S/C24H23ClN2O/c1-17(2)19-9-13-21(14-10-19)28-16-24-26-22-5-3-4-6-23(22)27(24)15-18-7-11-20(25)12-8-18/h3-14,17H,15-16H2,1-2H3. The highest BCUT2D eigenvalue weighted by atomic mass is 35.5. The summed E-state index contributed by atoms with van der Waals surface area (Å²) in [6.45, 7) is 5.52. The van der Waals surface area contributed by atoms with E-state index >= 15 is 0 Å². The summed E-state index contributed by atoms with van der Waals surface area (Å²) in [6.07, 6.45) is 0. The second kappa shape index (κ2) is 8.07. The fourth-order valence-corrected chi connectivity index (χ4v) is 3.41. The summed E-state index contributed by atoms with van der Waals surface area (Å²) in [7, 11) is 0. The zero-order chi connectivity index (χ0) is 19.5. The quantitative estimate of drug-likeness (QED) is 0.378. The summed E-state index contributed by atoms with van der Waals surface area (Å²) >= 11 is 6.03. The van der Waals surface area contributed by atoms with Gasteiger partial charge in [0, 0.05) is 11.6 Å². The van der Waals surface area contributed by atoms with Crippen molar-refractivity contribution < 1.29 is 4.74 Å². The van der Waals surface area contributed by atoms with Crippen molar-refractivity contribution in [3.63, 3.8) is 0 Å². The van der Waals surface area contributed by atoms with Crippen molar-refractivity contribution >= 4 is 22.6 Å². The summed E-state index contributed by atoms with van der Waals surface area (Å²) in [6, 6.07) is 24.4. The molecule has 0 aliphatic heterocycles. The Balaban J connectivity index is 1.59. The molecule has 0 aliphatic carbocycles. The fraction of sp³-hybridized carbons (Fsp3) is 0.208. The van der Waals surface area contributed by atoms with Crippen LogP contribution in [0.4, 0.5) is 0 Å². The highest BCUT2D eigenvalue weighted by Crippen LogP contribution is 2.22. The van der Waals surface area contributed by atoms with Gasteiger partial charge >= 0.3 is 0 Å². The summed E-state index contributed by atoms with van der Waals surface area (Å²) in [5.41, 5.74) is 4.56. The predicted octanol–water partition coefficient (Wildman–Crippen LogP) is 6.44. The molecule has 0 saturated carbocycles. The van der Waals surface area contributed by atoms with Crippen LogP contribution < -0.4 is 4.74 Å². The molecule has 3 nitrogen and oxygen atoms in total. The van der Waals surface area contributed by atoms with E-state index in [2.05, 4.69) is 36.6 Å². The maximum absolute atomic E-state index is 6.05. The Kier molecular flexibility index (Phi) is 5.36. The lowest BCUT2D eigenvalue weighted by molar-refractivity contribution is 0.291. The van der Waals surface area contributed by atoms with Gasteiger partial charge in [-0.05, 0) is 53.4 Å². The van der Waals surface area contributed by atoms with E-state index < -0.39 is 0 Å². The number of benzene rings is 3. The maximum atomic E-state index is 6.05. The van der Waals surface area contributed by atoms with Crippen LogP contribution in [-0.2, 0) is 13.2 Å². The Morgan fingerprint density at radius 1 is 0.929 bits per heavy atom. The van der Waals surface area contributed by atoms with Gasteiger partial charge in [-0.15, -0.1) is 0 Å². The van der Waals surface area contributed by atoms with Gasteiger partial charge < -0.3 is 9.30 Å². The number of nitrogens with zero attached hydrogens (tertiary/aromatic N) is 2. The third kappa shape index (κ3) is 4.05. The van der Waals surface area contributed by atoms with Crippen LogP contribution in [0.15, 0.2) is 72.8 Å². The highest BCUT2D eigenvalue weighted by Gasteiger charge is 2.12. The first kappa shape index (κ1) is 18.6. The number of ether oxygens (including phenoxy) is 1. The number of hydrogen-bond acceptors (Lipinski definition) is 2. The molecule has 1 heterocycles. The van der Waals surface area contributed by atoms with Crippen LogP contribution in [0.3, 0.4) is 0 Å². The van der Waals surface area contributed by atoms with E-state index in [0.717, 1.165) is 34.2 Å². The van der Waals surface area contributed by atoms with Crippen molar-refractivity contribution in [3.8, 4) is 5.75 Å². The monoisotopic (exact) mass is 390 g/mol. The van der Waals surface area contributed by atoms with Crippen LogP contribution in [0.2, 0.25) is 5.02 Å². The molecule has 1 aromatic heterocycles. The van der Waals surface area contributed by atoms with Crippen molar-refractivity contribution in [1.82, 2.24) is 9.55 Å². The molecular formula is C24H23ClN2O. The van der Waals surface area contributed by atoms with Gasteiger partial charge in [0.1, 0.15) is 18.2 Å². The molecule has 0 bridgehead atoms. The molecule has 0 unspecified atom stereocenters. The average molecular weight is 391 g/mol. The first-order chi connectivity index (χ1) is 13.6. The third-order valence-electron chi connectivity index (χ3n) is 4.90. The average Bonchev–Trinajstić information content (AvgIpc) is 3.06. The molecule has 28 heavy (non-hydrogen) atoms. The molecular weight excluding hydrogens is 368 g/mol. The van der Waals surface area contributed by atoms with Gasteiger partial charge in [-0.1, -0.05) is 61.8 Å². The van der Waals surface area contributed by atoms with Crippen LogP contribution in [0.25, 0.3) is 11.0 Å². The number of aromatic nitrogens is 2. The Bertz CT molecular complexity index is 1070. The molecule has 0 fully saturated rings. The zero-order valence-electron chi connectivity index (χ0n) is 16.1. The zero-order valence-corrected chi connectivity index (χ0v) is 16.9. The molecule has 0 aliphatic rings. The van der Waals surface area contributed by atoms with Crippen LogP contribution in [-0.4, -0.2) is 9.55 Å². The van der Waals surface area contributed by atoms with Crippen molar-refractivity contribution in [2.45, 2.75) is 32.9 Å². The molecule has 3 aromatic carbocycles. The number of para-hydroxylation sites is 2. The van der Waals surface area contributed by atoms with Crippen molar-refractivity contribution in [2.24, 2.45) is 0 Å². The van der Waals surface area contributed by atoms with Gasteiger partial charge in [0.2, 0.25) is 0 Å². The largest absolute Gasteiger partial charge is 0.486 e. The van der Waals surface area contributed by atoms with Crippen molar-refractivity contribution in [3.05, 3.63) is 94.8 Å². The molecule has 4 rings (SSSR count). The number of halogens is 1. The van der Waals surface area contributed by atoms with Gasteiger partial charge in [-0.2, -0.15) is 0 Å². The molecule has 0 spiro atoms. The van der Waals surface area contributed by atoms with E-state index in [1.807, 2.05) is 54.6 Å². The summed E-state index contributed by atoms with van der Waals surface area (Å²) in [5.74, 6) is 2.27. The van der Waals surface area contributed by atoms with Crippen molar-refractivity contribution in [2.75, 3.05) is 0 Å². The smallest absolute Gasteiger partial charge is 0.148 e. The van der Waals surface area contributed by atoms with Crippen LogP contribution in [0.1, 0.15) is 36.7 Å². The van der Waals surface area contributed by atoms with Crippen LogP contribution >= 0.6 is 11.6 Å². The SMILES string of the molecule is CC(C)c1ccc(OCc2nc3ccccc3n2Cc2ccc(Cl)cc2)cc1. The summed E-state index contributed by atoms with van der Waals surface area (Å²) in [5, 5.41) is 0.743. The van der Waals surface area contributed by atoms with Crippen molar-refractivity contribution in [1.29, 1.82) is 0 Å². The Morgan fingerprint density at radius 2 is 1.64 bits per heavy atom. The maximum Gasteiger partial charge on any atom is 0.148 e. The molecule has 142 valence electrons. The number of rotatable bonds is 6. The minimum atomic E-state index is 0.420. The number of hydrogen-bond donors (Lipinski definition) is 0. The topological polar surface area (TPSA) is 27.1 Å². The minimum absolute atomic E-state index is 0.420. The van der Waals surface area contributed by atoms with E-state index in [0.29, 0.717) is 12.5 Å². The highest BCUT2D eigenvalue weighted by molar-refractivity contribution is 6.30. The molecule has 4 aromatic rings. The van der Waals surface area contributed by atoms with Gasteiger partial charge in [0.05, 0.1) is 11.0 Å². The lowest BCUT2D eigenvalue weighted by Crippen LogP contribution is -2.08.